The van der Waals surface area contributed by atoms with E-state index in [9.17, 15) is 2.74 Å². The number of benzene rings is 17. The molecule has 0 aliphatic rings. The molecule has 0 saturated carbocycles. The summed E-state index contributed by atoms with van der Waals surface area (Å²) in [6.07, 6.45) is 0. The number of hydrogen-bond donors (Lipinski definition) is 0. The van der Waals surface area contributed by atoms with Gasteiger partial charge in [0.05, 0.1) is 11.0 Å². The van der Waals surface area contributed by atoms with Crippen molar-refractivity contribution in [2.24, 2.45) is 0 Å². The van der Waals surface area contributed by atoms with Crippen molar-refractivity contribution < 1.29 is 15.4 Å². The third kappa shape index (κ3) is 7.63. The summed E-state index contributed by atoms with van der Waals surface area (Å²) in [5.41, 5.74) is 12.5. The first-order valence-electron chi connectivity index (χ1n) is 32.1. The molecule has 1 heteroatoms. The minimum Gasteiger partial charge on any atom is -0.456 e. The lowest BCUT2D eigenvalue weighted by Crippen LogP contribution is -1.91. The van der Waals surface area contributed by atoms with Crippen molar-refractivity contribution in [2.45, 2.75) is 0 Å². The van der Waals surface area contributed by atoms with E-state index in [1.807, 2.05) is 84.9 Å². The summed E-state index contributed by atoms with van der Waals surface area (Å²) in [6.45, 7) is 0. The van der Waals surface area contributed by atoms with Crippen molar-refractivity contribution >= 4 is 108 Å². The SMILES string of the molecule is [2H]c1c([2H])c([2H])c2c(-c3ccc4oc5ccccc5c4c3)c3c([2H])c([2H])c([2H])c([2H])c3c(-c3ccc(-c4ccccc4)cc3)c2c1[2H].c1ccc(-c2cc(-c3ccc4ccc5cccc6ccc3c4c56)cc(-c3ccc4ccc5cccc6ccc3c4c56)c2)cc1. The average molecular weight is 1060 g/mol. The van der Waals surface area contributed by atoms with E-state index in [2.05, 4.69) is 158 Å². The number of hydrogen-bond acceptors (Lipinski definition) is 1. The Morgan fingerprint density at radius 1 is 0.217 bits per heavy atom. The predicted molar refractivity (Wildman–Crippen MR) is 355 cm³/mol. The number of para-hydroxylation sites is 1. The van der Waals surface area contributed by atoms with Gasteiger partial charge in [0.25, 0.3) is 0 Å². The normalized spacial score (nSPS) is 13.2. The molecule has 83 heavy (non-hydrogen) atoms. The molecule has 0 aliphatic heterocycles. The fourth-order valence-electron chi connectivity index (χ4n) is 13.3. The number of furan rings is 1. The van der Waals surface area contributed by atoms with E-state index in [1.165, 1.54) is 98.0 Å². The van der Waals surface area contributed by atoms with Gasteiger partial charge in [-0.15, -0.1) is 0 Å². The monoisotopic (exact) mass is 1060 g/mol. The molecule has 0 spiro atoms. The summed E-state index contributed by atoms with van der Waals surface area (Å²) in [7, 11) is 0. The maximum atomic E-state index is 9.18. The Balaban J connectivity index is 0.000000140. The molecule has 1 aromatic heterocycles. The molecule has 18 rings (SSSR count). The highest BCUT2D eigenvalue weighted by atomic mass is 16.3. The van der Waals surface area contributed by atoms with E-state index in [1.54, 1.807) is 12.1 Å². The van der Waals surface area contributed by atoms with Crippen molar-refractivity contribution in [1.82, 2.24) is 0 Å². The maximum Gasteiger partial charge on any atom is 0.135 e. The summed E-state index contributed by atoms with van der Waals surface area (Å²) in [5, 5.41) is 18.2. The molecule has 0 fully saturated rings. The molecule has 0 amide bonds. The average Bonchev–Trinajstić information content (AvgIpc) is 0.749. The molecule has 384 valence electrons. The zero-order chi connectivity index (χ0) is 61.5. The first-order chi connectivity index (χ1) is 44.5. The van der Waals surface area contributed by atoms with Crippen molar-refractivity contribution in [3.63, 3.8) is 0 Å². The van der Waals surface area contributed by atoms with Gasteiger partial charge in [-0.3, -0.25) is 0 Å². The van der Waals surface area contributed by atoms with Crippen LogP contribution < -0.4 is 0 Å². The van der Waals surface area contributed by atoms with Gasteiger partial charge in [0.2, 0.25) is 0 Å². The molecular formula is C82H50O. The highest BCUT2D eigenvalue weighted by molar-refractivity contribution is 6.28. The molecule has 0 unspecified atom stereocenters. The first-order valence-corrected chi connectivity index (χ1v) is 28.1. The lowest BCUT2D eigenvalue weighted by molar-refractivity contribution is 0.669. The van der Waals surface area contributed by atoms with Crippen LogP contribution in [0.25, 0.3) is 175 Å². The van der Waals surface area contributed by atoms with Crippen LogP contribution in [0, 0.1) is 0 Å². The van der Waals surface area contributed by atoms with Crippen LogP contribution in [0.2, 0.25) is 0 Å². The van der Waals surface area contributed by atoms with E-state index >= 15 is 0 Å². The molecule has 0 N–H and O–H groups in total. The van der Waals surface area contributed by atoms with Crippen LogP contribution in [-0.4, -0.2) is 0 Å². The molecule has 0 radical (unpaired) electrons. The Labute approximate surface area is 491 Å². The van der Waals surface area contributed by atoms with E-state index in [4.69, 9.17) is 12.6 Å². The maximum absolute atomic E-state index is 9.18. The second kappa shape index (κ2) is 18.9. The molecule has 1 heterocycles. The fraction of sp³-hybridized carbons (Fsp3) is 0. The van der Waals surface area contributed by atoms with Crippen molar-refractivity contribution in [3.05, 3.63) is 303 Å². The van der Waals surface area contributed by atoms with Crippen LogP contribution in [0.15, 0.2) is 308 Å². The third-order valence-electron chi connectivity index (χ3n) is 17.0. The molecule has 0 saturated heterocycles. The molecule has 1 nitrogen and oxygen atoms in total. The lowest BCUT2D eigenvalue weighted by atomic mass is 9.85. The summed E-state index contributed by atoms with van der Waals surface area (Å²) in [6, 6.07) is 86.2. The Kier molecular flexibility index (Phi) is 8.99. The molecule has 0 aliphatic carbocycles. The fourth-order valence-corrected chi connectivity index (χ4v) is 13.3. The van der Waals surface area contributed by atoms with E-state index < -0.39 is 24.2 Å². The first kappa shape index (κ1) is 39.5. The van der Waals surface area contributed by atoms with E-state index in [0.29, 0.717) is 33.4 Å². The van der Waals surface area contributed by atoms with Gasteiger partial charge >= 0.3 is 0 Å². The van der Waals surface area contributed by atoms with Crippen molar-refractivity contribution in [3.8, 4) is 66.8 Å². The Bertz CT molecular complexity index is 5760. The van der Waals surface area contributed by atoms with Crippen LogP contribution in [0.4, 0.5) is 0 Å². The van der Waals surface area contributed by atoms with Gasteiger partial charge in [-0.1, -0.05) is 267 Å². The van der Waals surface area contributed by atoms with E-state index in [0.717, 1.165) is 21.9 Å². The quantitative estimate of drug-likeness (QED) is 0.119. The Morgan fingerprint density at radius 2 is 0.602 bits per heavy atom. The summed E-state index contributed by atoms with van der Waals surface area (Å²) in [4.78, 5) is 0. The van der Waals surface area contributed by atoms with Crippen molar-refractivity contribution in [1.29, 1.82) is 0 Å². The molecule has 0 bridgehead atoms. The Morgan fingerprint density at radius 3 is 1.13 bits per heavy atom. The minimum atomic E-state index is -0.427. The van der Waals surface area contributed by atoms with Gasteiger partial charge in [-0.05, 0) is 189 Å². The standard InChI is InChI=1S/C44H26.C38H24O/c1-2-6-27(7-3-1)34-24-35(37-20-16-32-14-12-28-8-4-10-30-18-22-39(37)43(32)41(28)30)26-36(25-34)38-21-17-33-15-13-29-9-5-11-31-19-23-40(38)44(33)42(29)31;1-2-10-25(11-3-1)26-18-20-27(21-19-26)37-30-13-4-6-15-32(30)38(33-16-7-5-14-31(33)37)28-22-23-36-34(24-28)29-12-8-9-17-35(29)39-36/h1-26H;1-24H/i;4D,5D,6D,7D,13D,14D,15D,16D. The minimum absolute atomic E-state index is 0.183. The van der Waals surface area contributed by atoms with Crippen LogP contribution in [0.3, 0.4) is 0 Å². The number of fused-ring (bicyclic) bond motifs is 5. The van der Waals surface area contributed by atoms with Crippen LogP contribution in [0.1, 0.15) is 11.0 Å². The van der Waals surface area contributed by atoms with Crippen LogP contribution in [0.5, 0.6) is 0 Å². The summed E-state index contributed by atoms with van der Waals surface area (Å²) < 4.78 is 77.3. The molecule has 0 atom stereocenters. The highest BCUT2D eigenvalue weighted by Crippen LogP contribution is 2.47. The molecular weight excluding hydrogens is 1000 g/mol. The van der Waals surface area contributed by atoms with Crippen LogP contribution >= 0.6 is 0 Å². The lowest BCUT2D eigenvalue weighted by Gasteiger charge is -2.18. The van der Waals surface area contributed by atoms with Gasteiger partial charge in [0, 0.05) is 10.8 Å². The van der Waals surface area contributed by atoms with Gasteiger partial charge in [0.15, 0.2) is 0 Å². The van der Waals surface area contributed by atoms with Gasteiger partial charge in [-0.25, -0.2) is 0 Å². The summed E-state index contributed by atoms with van der Waals surface area (Å²) in [5.74, 6) is 0. The van der Waals surface area contributed by atoms with Crippen molar-refractivity contribution in [2.75, 3.05) is 0 Å². The zero-order valence-electron chi connectivity index (χ0n) is 52.7. The second-order valence-corrected chi connectivity index (χ2v) is 21.6. The smallest absolute Gasteiger partial charge is 0.135 e. The van der Waals surface area contributed by atoms with E-state index in [-0.39, 0.29) is 45.7 Å². The predicted octanol–water partition coefficient (Wildman–Crippen LogP) is 23.4. The molecule has 17 aromatic carbocycles. The molecule has 18 aromatic rings. The van der Waals surface area contributed by atoms with Gasteiger partial charge in [-0.2, -0.15) is 0 Å². The highest BCUT2D eigenvalue weighted by Gasteiger charge is 2.20. The Hall–Kier alpha value is -10.9. The van der Waals surface area contributed by atoms with Crippen LogP contribution in [-0.2, 0) is 0 Å². The second-order valence-electron chi connectivity index (χ2n) is 21.6. The topological polar surface area (TPSA) is 13.1 Å². The zero-order valence-corrected chi connectivity index (χ0v) is 44.7. The third-order valence-corrected chi connectivity index (χ3v) is 17.0. The largest absolute Gasteiger partial charge is 0.456 e. The van der Waals surface area contributed by atoms with Gasteiger partial charge < -0.3 is 4.42 Å². The summed E-state index contributed by atoms with van der Waals surface area (Å²) >= 11 is 0. The van der Waals surface area contributed by atoms with Gasteiger partial charge in [0.1, 0.15) is 11.2 Å². The number of rotatable bonds is 6.